The lowest BCUT2D eigenvalue weighted by Crippen LogP contribution is -2.33. The Labute approximate surface area is 123 Å². The van der Waals surface area contributed by atoms with Crippen LogP contribution in [-0.2, 0) is 6.54 Å². The van der Waals surface area contributed by atoms with Crippen molar-refractivity contribution in [3.63, 3.8) is 0 Å². The highest BCUT2D eigenvalue weighted by molar-refractivity contribution is 5.28. The molecule has 0 atom stereocenters. The van der Waals surface area contributed by atoms with Gasteiger partial charge in [-0.3, -0.25) is 0 Å². The van der Waals surface area contributed by atoms with Gasteiger partial charge in [0.1, 0.15) is 5.75 Å². The fourth-order valence-electron chi connectivity index (χ4n) is 3.70. The molecule has 2 rings (SSSR count). The van der Waals surface area contributed by atoms with Gasteiger partial charge in [-0.25, -0.2) is 0 Å². The molecule has 1 aromatic rings. The summed E-state index contributed by atoms with van der Waals surface area (Å²) in [6, 6.07) is 8.35. The zero-order valence-electron chi connectivity index (χ0n) is 13.2. The Hall–Kier alpha value is -1.02. The molecule has 1 aliphatic carbocycles. The summed E-state index contributed by atoms with van der Waals surface area (Å²) in [6.07, 6.45) is 6.98. The molecule has 1 aromatic carbocycles. The van der Waals surface area contributed by atoms with E-state index in [1.807, 2.05) is 6.07 Å². The Morgan fingerprint density at radius 3 is 2.65 bits per heavy atom. The van der Waals surface area contributed by atoms with E-state index in [2.05, 4.69) is 37.4 Å². The first kappa shape index (κ1) is 15.4. The fourth-order valence-corrected chi connectivity index (χ4v) is 3.70. The molecule has 1 fully saturated rings. The lowest BCUT2D eigenvalue weighted by atomic mass is 9.78. The van der Waals surface area contributed by atoms with E-state index in [1.54, 1.807) is 7.11 Å². The Morgan fingerprint density at radius 1 is 1.25 bits per heavy atom. The molecule has 1 saturated carbocycles. The third-order valence-electron chi connectivity index (χ3n) is 4.47. The summed E-state index contributed by atoms with van der Waals surface area (Å²) in [5, 5.41) is 3.69. The largest absolute Gasteiger partial charge is 0.497 e. The second-order valence-corrected chi connectivity index (χ2v) is 6.76. The summed E-state index contributed by atoms with van der Waals surface area (Å²) < 4.78 is 5.28. The van der Waals surface area contributed by atoms with Crippen molar-refractivity contribution in [2.75, 3.05) is 13.7 Å². The minimum Gasteiger partial charge on any atom is -0.497 e. The van der Waals surface area contributed by atoms with Crippen LogP contribution < -0.4 is 10.1 Å². The van der Waals surface area contributed by atoms with E-state index >= 15 is 0 Å². The predicted octanol–water partition coefficient (Wildman–Crippen LogP) is 4.39. The van der Waals surface area contributed by atoms with Crippen molar-refractivity contribution in [3.05, 3.63) is 29.8 Å². The SMILES string of the molecule is COc1cccc(CNCC2(CC(C)C)CCCC2)c1. The van der Waals surface area contributed by atoms with Gasteiger partial charge in [-0.1, -0.05) is 38.8 Å². The number of hydrogen-bond acceptors (Lipinski definition) is 2. The Morgan fingerprint density at radius 2 is 2.00 bits per heavy atom. The van der Waals surface area contributed by atoms with E-state index in [4.69, 9.17) is 4.74 Å². The maximum absolute atomic E-state index is 5.28. The third kappa shape index (κ3) is 4.24. The first-order valence-electron chi connectivity index (χ1n) is 7.97. The molecule has 1 N–H and O–H groups in total. The minimum absolute atomic E-state index is 0.549. The molecule has 0 amide bonds. The van der Waals surface area contributed by atoms with Crippen LogP contribution >= 0.6 is 0 Å². The van der Waals surface area contributed by atoms with Gasteiger partial charge < -0.3 is 10.1 Å². The normalized spacial score (nSPS) is 17.6. The summed E-state index contributed by atoms with van der Waals surface area (Å²) in [5.74, 6) is 1.74. The van der Waals surface area contributed by atoms with Crippen molar-refractivity contribution in [3.8, 4) is 5.75 Å². The second kappa shape index (κ2) is 7.12. The zero-order chi connectivity index (χ0) is 14.4. The number of ether oxygens (including phenoxy) is 1. The monoisotopic (exact) mass is 275 g/mol. The van der Waals surface area contributed by atoms with Crippen LogP contribution in [0.4, 0.5) is 0 Å². The van der Waals surface area contributed by atoms with E-state index in [0.29, 0.717) is 5.41 Å². The molecular formula is C18H29NO. The average molecular weight is 275 g/mol. The van der Waals surface area contributed by atoms with Crippen LogP contribution in [0.5, 0.6) is 5.75 Å². The van der Waals surface area contributed by atoms with E-state index < -0.39 is 0 Å². The van der Waals surface area contributed by atoms with Crippen molar-refractivity contribution in [2.24, 2.45) is 11.3 Å². The number of rotatable bonds is 7. The predicted molar refractivity (Wildman–Crippen MR) is 85.1 cm³/mol. The van der Waals surface area contributed by atoms with Crippen LogP contribution in [-0.4, -0.2) is 13.7 Å². The summed E-state index contributed by atoms with van der Waals surface area (Å²) in [6.45, 7) is 6.80. The number of hydrogen-bond donors (Lipinski definition) is 1. The number of methoxy groups -OCH3 is 1. The lowest BCUT2D eigenvalue weighted by molar-refractivity contribution is 0.223. The van der Waals surface area contributed by atoms with Gasteiger partial charge in [0.15, 0.2) is 0 Å². The molecule has 20 heavy (non-hydrogen) atoms. The summed E-state index contributed by atoms with van der Waals surface area (Å²) in [5.41, 5.74) is 1.86. The highest BCUT2D eigenvalue weighted by atomic mass is 16.5. The van der Waals surface area contributed by atoms with Crippen LogP contribution in [0.3, 0.4) is 0 Å². The molecule has 0 bridgehead atoms. The Balaban J connectivity index is 1.86. The topological polar surface area (TPSA) is 21.3 Å². The summed E-state index contributed by atoms with van der Waals surface area (Å²) in [4.78, 5) is 0. The number of benzene rings is 1. The molecule has 0 radical (unpaired) electrons. The van der Waals surface area contributed by atoms with E-state index in [1.165, 1.54) is 37.7 Å². The van der Waals surface area contributed by atoms with Gasteiger partial charge in [-0.15, -0.1) is 0 Å². The maximum Gasteiger partial charge on any atom is 0.119 e. The van der Waals surface area contributed by atoms with E-state index in [9.17, 15) is 0 Å². The highest BCUT2D eigenvalue weighted by Crippen LogP contribution is 2.42. The standard InChI is InChI=1S/C18H29NO/c1-15(2)12-18(9-4-5-10-18)14-19-13-16-7-6-8-17(11-16)20-3/h6-8,11,15,19H,4-5,9-10,12-14H2,1-3H3. The quantitative estimate of drug-likeness (QED) is 0.797. The van der Waals surface area contributed by atoms with Crippen LogP contribution in [0.25, 0.3) is 0 Å². The van der Waals surface area contributed by atoms with Crippen molar-refractivity contribution < 1.29 is 4.74 Å². The van der Waals surface area contributed by atoms with Gasteiger partial charge in [0.25, 0.3) is 0 Å². The van der Waals surface area contributed by atoms with Crippen molar-refractivity contribution in [1.29, 1.82) is 0 Å². The zero-order valence-corrected chi connectivity index (χ0v) is 13.2. The Kier molecular flexibility index (Phi) is 5.47. The molecule has 1 aliphatic rings. The third-order valence-corrected chi connectivity index (χ3v) is 4.47. The molecule has 0 saturated heterocycles. The van der Waals surface area contributed by atoms with Crippen LogP contribution in [0.15, 0.2) is 24.3 Å². The van der Waals surface area contributed by atoms with Crippen molar-refractivity contribution in [2.45, 2.75) is 52.5 Å². The van der Waals surface area contributed by atoms with Crippen LogP contribution in [0.1, 0.15) is 51.5 Å². The molecule has 0 unspecified atom stereocenters. The van der Waals surface area contributed by atoms with Crippen molar-refractivity contribution >= 4 is 0 Å². The Bertz CT molecular complexity index is 408. The molecule has 0 aliphatic heterocycles. The maximum atomic E-state index is 5.28. The second-order valence-electron chi connectivity index (χ2n) is 6.76. The van der Waals surface area contributed by atoms with Gasteiger partial charge in [0, 0.05) is 13.1 Å². The molecule has 112 valence electrons. The van der Waals surface area contributed by atoms with Gasteiger partial charge in [-0.2, -0.15) is 0 Å². The van der Waals surface area contributed by atoms with Gasteiger partial charge in [0.2, 0.25) is 0 Å². The van der Waals surface area contributed by atoms with Crippen molar-refractivity contribution in [1.82, 2.24) is 5.32 Å². The molecular weight excluding hydrogens is 246 g/mol. The van der Waals surface area contributed by atoms with Crippen LogP contribution in [0.2, 0.25) is 0 Å². The van der Waals surface area contributed by atoms with Gasteiger partial charge >= 0.3 is 0 Å². The summed E-state index contributed by atoms with van der Waals surface area (Å²) in [7, 11) is 1.72. The van der Waals surface area contributed by atoms with Gasteiger partial charge in [0.05, 0.1) is 7.11 Å². The average Bonchev–Trinajstić information content (AvgIpc) is 2.87. The van der Waals surface area contributed by atoms with E-state index in [0.717, 1.165) is 24.8 Å². The highest BCUT2D eigenvalue weighted by Gasteiger charge is 2.33. The minimum atomic E-state index is 0.549. The lowest BCUT2D eigenvalue weighted by Gasteiger charge is -2.31. The van der Waals surface area contributed by atoms with Crippen LogP contribution in [0, 0.1) is 11.3 Å². The molecule has 2 heteroatoms. The first-order chi connectivity index (χ1) is 9.63. The molecule has 0 heterocycles. The molecule has 2 nitrogen and oxygen atoms in total. The van der Waals surface area contributed by atoms with E-state index in [-0.39, 0.29) is 0 Å². The molecule has 0 spiro atoms. The smallest absolute Gasteiger partial charge is 0.119 e. The first-order valence-corrected chi connectivity index (χ1v) is 7.97. The number of nitrogens with one attached hydrogen (secondary N) is 1. The molecule has 0 aromatic heterocycles. The van der Waals surface area contributed by atoms with Gasteiger partial charge in [-0.05, 0) is 48.3 Å². The summed E-state index contributed by atoms with van der Waals surface area (Å²) >= 11 is 0. The fraction of sp³-hybridized carbons (Fsp3) is 0.667.